The second kappa shape index (κ2) is 11.8. The number of aliphatic imine (C=N–C) groups is 1. The lowest BCUT2D eigenvalue weighted by molar-refractivity contribution is -0.149. The van der Waals surface area contributed by atoms with E-state index in [1.54, 1.807) is 7.11 Å². The molecule has 0 bridgehead atoms. The number of nitrogens with one attached hydrogen (secondary N) is 1. The summed E-state index contributed by atoms with van der Waals surface area (Å²) >= 11 is 0. The van der Waals surface area contributed by atoms with Crippen LogP contribution in [0.3, 0.4) is 0 Å². The SMILES string of the molecule is CCOC(=O)C1CCN(C(=NC)NCC2(c3cccc(OC)c3)CCCC2)CC1.I. The topological polar surface area (TPSA) is 63.2 Å². The highest BCUT2D eigenvalue weighted by Gasteiger charge is 2.36. The van der Waals surface area contributed by atoms with Crippen LogP contribution in [0.15, 0.2) is 29.3 Å². The lowest BCUT2D eigenvalue weighted by Crippen LogP contribution is -2.49. The van der Waals surface area contributed by atoms with Gasteiger partial charge in [0.05, 0.1) is 19.6 Å². The van der Waals surface area contributed by atoms with Gasteiger partial charge < -0.3 is 19.7 Å². The average Bonchev–Trinajstić information content (AvgIpc) is 3.25. The standard InChI is InChI=1S/C23H35N3O3.HI/c1-4-29-21(27)18-10-14-26(15-11-18)22(24-2)25-17-23(12-5-6-13-23)19-8-7-9-20(16-19)28-3;/h7-9,16,18H,4-6,10-15,17H2,1-3H3,(H,24,25);1H. The summed E-state index contributed by atoms with van der Waals surface area (Å²) in [6.07, 6.45) is 6.50. The van der Waals surface area contributed by atoms with Gasteiger partial charge in [0.25, 0.3) is 0 Å². The first-order valence-electron chi connectivity index (χ1n) is 10.9. The molecule has 0 radical (unpaired) electrons. The Morgan fingerprint density at radius 3 is 2.57 bits per heavy atom. The van der Waals surface area contributed by atoms with Crippen molar-refractivity contribution in [1.29, 1.82) is 0 Å². The molecule has 0 amide bonds. The van der Waals surface area contributed by atoms with Crippen molar-refractivity contribution in [3.63, 3.8) is 0 Å². The van der Waals surface area contributed by atoms with Crippen molar-refractivity contribution in [3.05, 3.63) is 29.8 Å². The van der Waals surface area contributed by atoms with E-state index in [0.717, 1.165) is 44.2 Å². The van der Waals surface area contributed by atoms with Crippen LogP contribution in [0, 0.1) is 5.92 Å². The van der Waals surface area contributed by atoms with Gasteiger partial charge in [-0.3, -0.25) is 9.79 Å². The summed E-state index contributed by atoms with van der Waals surface area (Å²) < 4.78 is 10.6. The van der Waals surface area contributed by atoms with Gasteiger partial charge in [0.2, 0.25) is 0 Å². The van der Waals surface area contributed by atoms with Crippen molar-refractivity contribution in [2.75, 3.05) is 40.4 Å². The molecule has 2 aliphatic rings. The van der Waals surface area contributed by atoms with Gasteiger partial charge >= 0.3 is 5.97 Å². The van der Waals surface area contributed by atoms with E-state index in [1.807, 2.05) is 20.0 Å². The van der Waals surface area contributed by atoms with E-state index >= 15 is 0 Å². The number of piperidine rings is 1. The molecule has 0 spiro atoms. The van der Waals surface area contributed by atoms with Crippen LogP contribution in [0.5, 0.6) is 5.75 Å². The van der Waals surface area contributed by atoms with E-state index in [-0.39, 0.29) is 41.3 Å². The highest BCUT2D eigenvalue weighted by Crippen LogP contribution is 2.41. The van der Waals surface area contributed by atoms with Crippen molar-refractivity contribution in [1.82, 2.24) is 10.2 Å². The molecular weight excluding hydrogens is 493 g/mol. The van der Waals surface area contributed by atoms with Gasteiger partial charge in [-0.05, 0) is 50.3 Å². The number of benzene rings is 1. The summed E-state index contributed by atoms with van der Waals surface area (Å²) in [5.74, 6) is 1.81. The molecule has 168 valence electrons. The summed E-state index contributed by atoms with van der Waals surface area (Å²) in [5.41, 5.74) is 1.46. The summed E-state index contributed by atoms with van der Waals surface area (Å²) in [4.78, 5) is 18.8. The Hall–Kier alpha value is -1.51. The smallest absolute Gasteiger partial charge is 0.309 e. The minimum absolute atomic E-state index is 0. The molecule has 1 N–H and O–H groups in total. The van der Waals surface area contributed by atoms with Crippen LogP contribution in [-0.2, 0) is 14.9 Å². The first-order valence-corrected chi connectivity index (χ1v) is 10.9. The number of carbonyl (C=O) groups excluding carboxylic acids is 1. The minimum atomic E-state index is -0.0574. The Bertz CT molecular complexity index is 711. The quantitative estimate of drug-likeness (QED) is 0.262. The molecule has 1 heterocycles. The Morgan fingerprint density at radius 2 is 1.97 bits per heavy atom. The maximum atomic E-state index is 12.0. The number of esters is 1. The van der Waals surface area contributed by atoms with Crippen LogP contribution in [0.2, 0.25) is 0 Å². The normalized spacial score (nSPS) is 19.2. The Kier molecular flexibility index (Phi) is 9.71. The zero-order valence-electron chi connectivity index (χ0n) is 18.5. The number of halogens is 1. The van der Waals surface area contributed by atoms with E-state index < -0.39 is 0 Å². The summed E-state index contributed by atoms with van der Waals surface area (Å²) in [6, 6.07) is 8.50. The van der Waals surface area contributed by atoms with Gasteiger partial charge in [-0.1, -0.05) is 25.0 Å². The zero-order valence-corrected chi connectivity index (χ0v) is 20.8. The van der Waals surface area contributed by atoms with Crippen molar-refractivity contribution in [2.24, 2.45) is 10.9 Å². The van der Waals surface area contributed by atoms with Gasteiger partial charge in [-0.15, -0.1) is 24.0 Å². The monoisotopic (exact) mass is 529 g/mol. The van der Waals surface area contributed by atoms with E-state index in [1.165, 1.54) is 31.2 Å². The van der Waals surface area contributed by atoms with Crippen LogP contribution in [0.25, 0.3) is 0 Å². The van der Waals surface area contributed by atoms with Crippen molar-refractivity contribution in [3.8, 4) is 5.75 Å². The Labute approximate surface area is 197 Å². The molecule has 6 nitrogen and oxygen atoms in total. The number of likely N-dealkylation sites (tertiary alicyclic amines) is 1. The maximum Gasteiger partial charge on any atom is 0.309 e. The van der Waals surface area contributed by atoms with Crippen molar-refractivity contribution >= 4 is 35.9 Å². The number of nitrogens with zero attached hydrogens (tertiary/aromatic N) is 2. The van der Waals surface area contributed by atoms with Gasteiger partial charge in [-0.2, -0.15) is 0 Å². The minimum Gasteiger partial charge on any atom is -0.497 e. The largest absolute Gasteiger partial charge is 0.497 e. The lowest BCUT2D eigenvalue weighted by atomic mass is 9.78. The molecule has 0 aromatic heterocycles. The number of rotatable bonds is 6. The van der Waals surface area contributed by atoms with E-state index in [0.29, 0.717) is 6.61 Å². The molecule has 0 unspecified atom stereocenters. The van der Waals surface area contributed by atoms with Crippen molar-refractivity contribution in [2.45, 2.75) is 50.9 Å². The van der Waals surface area contributed by atoms with Gasteiger partial charge in [0.1, 0.15) is 5.75 Å². The first-order chi connectivity index (χ1) is 14.1. The molecule has 0 atom stereocenters. The molecule has 1 saturated carbocycles. The average molecular weight is 529 g/mol. The fourth-order valence-corrected chi connectivity index (χ4v) is 4.74. The van der Waals surface area contributed by atoms with E-state index in [4.69, 9.17) is 9.47 Å². The van der Waals surface area contributed by atoms with Gasteiger partial charge in [0.15, 0.2) is 5.96 Å². The van der Waals surface area contributed by atoms with Crippen LogP contribution < -0.4 is 10.1 Å². The second-order valence-corrected chi connectivity index (χ2v) is 8.13. The fraction of sp³-hybridized carbons (Fsp3) is 0.652. The van der Waals surface area contributed by atoms with Crippen LogP contribution in [0.1, 0.15) is 51.0 Å². The third kappa shape index (κ3) is 5.80. The summed E-state index contributed by atoms with van der Waals surface area (Å²) in [7, 11) is 3.56. The van der Waals surface area contributed by atoms with E-state index in [9.17, 15) is 4.79 Å². The molecule has 7 heteroatoms. The Balaban J connectivity index is 0.00000320. The van der Waals surface area contributed by atoms with Gasteiger partial charge in [0, 0.05) is 32.1 Å². The Morgan fingerprint density at radius 1 is 1.27 bits per heavy atom. The number of guanidine groups is 1. The molecule has 1 aliphatic heterocycles. The summed E-state index contributed by atoms with van der Waals surface area (Å²) in [5, 5.41) is 3.65. The molecule has 2 fully saturated rings. The number of hydrogen-bond acceptors (Lipinski definition) is 4. The molecule has 1 aromatic rings. The van der Waals surface area contributed by atoms with Crippen LogP contribution in [-0.4, -0.2) is 57.2 Å². The van der Waals surface area contributed by atoms with E-state index in [2.05, 4.69) is 33.4 Å². The van der Waals surface area contributed by atoms with Crippen molar-refractivity contribution < 1.29 is 14.3 Å². The maximum absolute atomic E-state index is 12.0. The molecule has 30 heavy (non-hydrogen) atoms. The lowest BCUT2D eigenvalue weighted by Gasteiger charge is -2.36. The summed E-state index contributed by atoms with van der Waals surface area (Å²) in [6.45, 7) is 4.84. The highest BCUT2D eigenvalue weighted by molar-refractivity contribution is 14.0. The van der Waals surface area contributed by atoms with Crippen LogP contribution >= 0.6 is 24.0 Å². The molecular formula is C23H36IN3O3. The number of carbonyl (C=O) groups is 1. The third-order valence-electron chi connectivity index (χ3n) is 6.45. The first kappa shape index (κ1) is 24.8. The van der Waals surface area contributed by atoms with Crippen LogP contribution in [0.4, 0.5) is 0 Å². The second-order valence-electron chi connectivity index (χ2n) is 8.13. The molecule has 3 rings (SSSR count). The molecule has 1 saturated heterocycles. The zero-order chi connectivity index (χ0) is 20.7. The third-order valence-corrected chi connectivity index (χ3v) is 6.45. The fourth-order valence-electron chi connectivity index (χ4n) is 4.74. The number of hydrogen-bond donors (Lipinski definition) is 1. The highest BCUT2D eigenvalue weighted by atomic mass is 127. The number of ether oxygens (including phenoxy) is 2. The molecule has 1 aliphatic carbocycles. The predicted octanol–water partition coefficient (Wildman–Crippen LogP) is 3.98. The predicted molar refractivity (Wildman–Crippen MR) is 131 cm³/mol. The molecule has 1 aromatic carbocycles. The number of methoxy groups -OCH3 is 1. The van der Waals surface area contributed by atoms with Gasteiger partial charge in [-0.25, -0.2) is 0 Å².